The van der Waals surface area contributed by atoms with Crippen molar-refractivity contribution in [2.75, 3.05) is 44.2 Å². The summed E-state index contributed by atoms with van der Waals surface area (Å²) in [4.78, 5) is 4.82. The molecule has 0 aromatic heterocycles. The van der Waals surface area contributed by atoms with Gasteiger partial charge in [0.05, 0.1) is 6.61 Å². The van der Waals surface area contributed by atoms with Gasteiger partial charge in [-0.25, -0.2) is 0 Å². The Kier molecular flexibility index (Phi) is 4.76. The van der Waals surface area contributed by atoms with Gasteiger partial charge in [0, 0.05) is 38.4 Å². The van der Waals surface area contributed by atoms with Crippen LogP contribution in [0.25, 0.3) is 0 Å². The van der Waals surface area contributed by atoms with Gasteiger partial charge in [-0.3, -0.25) is 4.90 Å². The maximum absolute atomic E-state index is 9.30. The summed E-state index contributed by atoms with van der Waals surface area (Å²) in [5, 5.41) is 9.30. The minimum atomic E-state index is 0.0826. The van der Waals surface area contributed by atoms with E-state index in [0.29, 0.717) is 6.61 Å². The lowest BCUT2D eigenvalue weighted by atomic mass is 10.1. The van der Waals surface area contributed by atoms with Gasteiger partial charge in [0.2, 0.25) is 0 Å². The average Bonchev–Trinajstić information content (AvgIpc) is 2.68. The van der Waals surface area contributed by atoms with Gasteiger partial charge in [0.15, 0.2) is 11.5 Å². The van der Waals surface area contributed by atoms with Crippen molar-refractivity contribution < 1.29 is 14.6 Å². The quantitative estimate of drug-likeness (QED) is 0.924. The van der Waals surface area contributed by atoms with Crippen LogP contribution in [0.1, 0.15) is 5.56 Å². The van der Waals surface area contributed by atoms with Crippen molar-refractivity contribution in [3.05, 3.63) is 54.1 Å². The van der Waals surface area contributed by atoms with Gasteiger partial charge >= 0.3 is 0 Å². The highest BCUT2D eigenvalue weighted by molar-refractivity contribution is 5.49. The predicted octanol–water partition coefficient (Wildman–Crippen LogP) is 2.14. The lowest BCUT2D eigenvalue weighted by Crippen LogP contribution is -2.50. The smallest absolute Gasteiger partial charge is 0.161 e. The van der Waals surface area contributed by atoms with Gasteiger partial charge in [0.1, 0.15) is 12.7 Å². The Morgan fingerprint density at radius 3 is 2.56 bits per heavy atom. The highest BCUT2D eigenvalue weighted by Gasteiger charge is 2.25. The molecule has 2 heterocycles. The van der Waals surface area contributed by atoms with Crippen molar-refractivity contribution in [3.63, 3.8) is 0 Å². The molecule has 0 bridgehead atoms. The maximum Gasteiger partial charge on any atom is 0.161 e. The number of piperazine rings is 1. The summed E-state index contributed by atoms with van der Waals surface area (Å²) in [5.74, 6) is 1.69. The fourth-order valence-corrected chi connectivity index (χ4v) is 3.48. The van der Waals surface area contributed by atoms with Crippen LogP contribution in [0.3, 0.4) is 0 Å². The van der Waals surface area contributed by atoms with Crippen LogP contribution >= 0.6 is 0 Å². The first-order chi connectivity index (χ1) is 12.3. The first-order valence-corrected chi connectivity index (χ1v) is 8.87. The van der Waals surface area contributed by atoms with Gasteiger partial charge in [-0.1, -0.05) is 24.3 Å². The lowest BCUT2D eigenvalue weighted by molar-refractivity contribution is 0.0571. The van der Waals surface area contributed by atoms with Crippen molar-refractivity contribution in [1.82, 2.24) is 4.90 Å². The zero-order valence-electron chi connectivity index (χ0n) is 14.3. The average molecular weight is 340 g/mol. The Morgan fingerprint density at radius 1 is 0.960 bits per heavy atom. The first-order valence-electron chi connectivity index (χ1n) is 8.87. The predicted molar refractivity (Wildman–Crippen MR) is 97.4 cm³/mol. The molecule has 1 fully saturated rings. The molecule has 0 amide bonds. The van der Waals surface area contributed by atoms with Crippen molar-refractivity contribution in [2.24, 2.45) is 0 Å². The molecular weight excluding hydrogens is 316 g/mol. The minimum Gasteiger partial charge on any atom is -0.486 e. The first kappa shape index (κ1) is 16.2. The molecule has 1 atom stereocenters. The normalized spacial score (nSPS) is 20.5. The fraction of sp³-hybridized carbons (Fsp3) is 0.400. The maximum atomic E-state index is 9.30. The molecule has 5 nitrogen and oxygen atoms in total. The van der Waals surface area contributed by atoms with Gasteiger partial charge in [0.25, 0.3) is 0 Å². The largest absolute Gasteiger partial charge is 0.486 e. The van der Waals surface area contributed by atoms with Gasteiger partial charge in [-0.05, 0) is 29.8 Å². The Bertz CT molecular complexity index is 714. The molecule has 2 aliphatic rings. The fourth-order valence-electron chi connectivity index (χ4n) is 3.48. The molecule has 0 radical (unpaired) electrons. The van der Waals surface area contributed by atoms with E-state index in [9.17, 15) is 5.11 Å². The number of rotatable bonds is 4. The second kappa shape index (κ2) is 7.33. The molecule has 0 aliphatic carbocycles. The molecular formula is C20H24N2O3. The Balaban J connectivity index is 1.31. The summed E-state index contributed by atoms with van der Waals surface area (Å²) in [6.07, 6.45) is 0.0826. The summed E-state index contributed by atoms with van der Waals surface area (Å²) in [6.45, 7) is 5.57. The Labute approximate surface area is 148 Å². The van der Waals surface area contributed by atoms with E-state index in [1.807, 2.05) is 36.4 Å². The molecule has 0 saturated carbocycles. The van der Waals surface area contributed by atoms with E-state index in [1.165, 1.54) is 5.69 Å². The molecule has 1 saturated heterocycles. The van der Waals surface area contributed by atoms with Crippen LogP contribution in [0.2, 0.25) is 0 Å². The summed E-state index contributed by atoms with van der Waals surface area (Å²) in [7, 11) is 0. The standard InChI is InChI=1S/C20H24N2O3/c23-14-16-4-3-5-17(12-16)22-10-8-21(9-11-22)13-18-15-24-19-6-1-2-7-20(19)25-18/h1-7,12,18,23H,8-11,13-15H2/t18-/m0/s1. The Hall–Kier alpha value is -2.24. The van der Waals surface area contributed by atoms with Crippen LogP contribution in [-0.2, 0) is 6.61 Å². The number of para-hydroxylation sites is 2. The number of anilines is 1. The molecule has 2 aromatic rings. The van der Waals surface area contributed by atoms with Crippen LogP contribution in [0.5, 0.6) is 11.5 Å². The number of hydrogen-bond donors (Lipinski definition) is 1. The molecule has 0 unspecified atom stereocenters. The van der Waals surface area contributed by atoms with Crippen molar-refractivity contribution in [1.29, 1.82) is 0 Å². The number of aliphatic hydroxyl groups excluding tert-OH is 1. The molecule has 0 spiro atoms. The molecule has 1 N–H and O–H groups in total. The van der Waals surface area contributed by atoms with Crippen LogP contribution in [0, 0.1) is 0 Å². The summed E-state index contributed by atoms with van der Waals surface area (Å²) in [5.41, 5.74) is 2.16. The third-order valence-corrected chi connectivity index (χ3v) is 4.86. The summed E-state index contributed by atoms with van der Waals surface area (Å²) >= 11 is 0. The van der Waals surface area contributed by atoms with Crippen molar-refractivity contribution in [3.8, 4) is 11.5 Å². The van der Waals surface area contributed by atoms with Crippen LogP contribution in [-0.4, -0.2) is 55.4 Å². The van der Waals surface area contributed by atoms with Crippen molar-refractivity contribution in [2.45, 2.75) is 12.7 Å². The highest BCUT2D eigenvalue weighted by atomic mass is 16.6. The number of nitrogens with zero attached hydrogens (tertiary/aromatic N) is 2. The number of fused-ring (bicyclic) bond motifs is 1. The lowest BCUT2D eigenvalue weighted by Gasteiger charge is -2.38. The van der Waals surface area contributed by atoms with Crippen LogP contribution in [0.4, 0.5) is 5.69 Å². The van der Waals surface area contributed by atoms with Crippen LogP contribution in [0.15, 0.2) is 48.5 Å². The second-order valence-electron chi connectivity index (χ2n) is 6.61. The SMILES string of the molecule is OCc1cccc(N2CCN(C[C@H]3COc4ccccc4O3)CC2)c1. The monoisotopic (exact) mass is 340 g/mol. The van der Waals surface area contributed by atoms with E-state index in [-0.39, 0.29) is 12.7 Å². The third-order valence-electron chi connectivity index (χ3n) is 4.86. The molecule has 132 valence electrons. The number of aliphatic hydroxyl groups is 1. The summed E-state index contributed by atoms with van der Waals surface area (Å²) < 4.78 is 11.9. The number of benzene rings is 2. The van der Waals surface area contributed by atoms with E-state index in [2.05, 4.69) is 21.9 Å². The van der Waals surface area contributed by atoms with Crippen molar-refractivity contribution >= 4 is 5.69 Å². The van der Waals surface area contributed by atoms with Crippen LogP contribution < -0.4 is 14.4 Å². The van der Waals surface area contributed by atoms with Gasteiger partial charge in [-0.2, -0.15) is 0 Å². The second-order valence-corrected chi connectivity index (χ2v) is 6.61. The van der Waals surface area contributed by atoms with E-state index in [1.54, 1.807) is 0 Å². The van der Waals surface area contributed by atoms with Gasteiger partial charge in [-0.15, -0.1) is 0 Å². The van der Waals surface area contributed by atoms with E-state index < -0.39 is 0 Å². The van der Waals surface area contributed by atoms with E-state index in [4.69, 9.17) is 9.47 Å². The number of ether oxygens (including phenoxy) is 2. The highest BCUT2D eigenvalue weighted by Crippen LogP contribution is 2.31. The minimum absolute atomic E-state index is 0.0826. The molecule has 2 aliphatic heterocycles. The zero-order chi connectivity index (χ0) is 17.1. The topological polar surface area (TPSA) is 45.2 Å². The Morgan fingerprint density at radius 2 is 1.76 bits per heavy atom. The third kappa shape index (κ3) is 3.72. The van der Waals surface area contributed by atoms with E-state index >= 15 is 0 Å². The molecule has 2 aromatic carbocycles. The molecule has 25 heavy (non-hydrogen) atoms. The number of hydrogen-bond acceptors (Lipinski definition) is 5. The molecule has 4 rings (SSSR count). The van der Waals surface area contributed by atoms with Gasteiger partial charge < -0.3 is 19.5 Å². The summed E-state index contributed by atoms with van der Waals surface area (Å²) in [6, 6.07) is 16.0. The molecule has 5 heteroatoms. The van der Waals surface area contributed by atoms with E-state index in [0.717, 1.165) is 49.8 Å². The zero-order valence-corrected chi connectivity index (χ0v) is 14.3.